The van der Waals surface area contributed by atoms with Gasteiger partial charge in [0.15, 0.2) is 18.5 Å². The smallest absolute Gasteiger partial charge is 0.317 e. The summed E-state index contributed by atoms with van der Waals surface area (Å²) in [7, 11) is 0. The molecule has 1 aromatic carbocycles. The van der Waals surface area contributed by atoms with Gasteiger partial charge < -0.3 is 31.5 Å². The zero-order chi connectivity index (χ0) is 24.1. The number of carbonyl (C=O) groups is 2. The fraction of sp³-hybridized carbons (Fsp3) is 0.571. The molecule has 194 valence electrons. The number of quaternary nitrogens is 1. The molecule has 1 aromatic heterocycles. The van der Waals surface area contributed by atoms with E-state index >= 15 is 0 Å². The Hall–Kier alpha value is -2.32. The van der Waals surface area contributed by atoms with Gasteiger partial charge in [-0.2, -0.15) is 0 Å². The highest BCUT2D eigenvalue weighted by molar-refractivity contribution is 5.90. The van der Waals surface area contributed by atoms with Crippen LogP contribution in [0.25, 0.3) is 0 Å². The van der Waals surface area contributed by atoms with Crippen LogP contribution in [0, 0.1) is 5.92 Å². The first-order valence-corrected chi connectivity index (χ1v) is 13.3. The lowest BCUT2D eigenvalue weighted by Crippen LogP contribution is -3.00. The quantitative estimate of drug-likeness (QED) is 0.428. The molecule has 2 aromatic rings. The molecule has 7 nitrogen and oxygen atoms in total. The molecule has 1 aliphatic carbocycles. The van der Waals surface area contributed by atoms with Crippen LogP contribution in [0.2, 0.25) is 0 Å². The number of amides is 1. The second-order valence-electron chi connectivity index (χ2n) is 10.8. The van der Waals surface area contributed by atoms with E-state index in [1.807, 2.05) is 18.2 Å². The Balaban J connectivity index is 0.00000304. The number of piperidine rings is 3. The van der Waals surface area contributed by atoms with Crippen LogP contribution in [0.15, 0.2) is 48.9 Å². The van der Waals surface area contributed by atoms with Gasteiger partial charge in [0.25, 0.3) is 5.91 Å². The maximum Gasteiger partial charge on any atom is 0.317 e. The highest BCUT2D eigenvalue weighted by Crippen LogP contribution is 2.41. The molecule has 1 saturated carbocycles. The number of anilines is 1. The van der Waals surface area contributed by atoms with Crippen molar-refractivity contribution in [3.63, 3.8) is 0 Å². The normalized spacial score (nSPS) is 27.1. The van der Waals surface area contributed by atoms with Gasteiger partial charge in [-0.3, -0.25) is 14.6 Å². The predicted molar refractivity (Wildman–Crippen MR) is 133 cm³/mol. The molecule has 4 heterocycles. The number of nitrogens with one attached hydrogen (secondary N) is 1. The third-order valence-corrected chi connectivity index (χ3v) is 8.53. The second-order valence-corrected chi connectivity index (χ2v) is 10.8. The molecule has 1 amide bonds. The average Bonchev–Trinajstić information content (AvgIpc) is 2.85. The number of hydrogen-bond acceptors (Lipinski definition) is 5. The molecule has 6 rings (SSSR count). The van der Waals surface area contributed by atoms with Crippen LogP contribution >= 0.6 is 0 Å². The van der Waals surface area contributed by atoms with Crippen LogP contribution in [0.5, 0.6) is 0 Å². The predicted octanol–water partition coefficient (Wildman–Crippen LogP) is 1.25. The molecule has 1 N–H and O–H groups in total. The summed E-state index contributed by atoms with van der Waals surface area (Å²) < 4.78 is 7.11. The van der Waals surface area contributed by atoms with Gasteiger partial charge in [0.2, 0.25) is 0 Å². The van der Waals surface area contributed by atoms with Gasteiger partial charge in [-0.25, -0.2) is 4.98 Å². The molecule has 3 aliphatic heterocycles. The van der Waals surface area contributed by atoms with E-state index in [-0.39, 0.29) is 35.0 Å². The van der Waals surface area contributed by atoms with Gasteiger partial charge >= 0.3 is 5.97 Å². The van der Waals surface area contributed by atoms with E-state index in [9.17, 15) is 9.59 Å². The van der Waals surface area contributed by atoms with E-state index in [0.29, 0.717) is 22.8 Å². The average molecular weight is 558 g/mol. The molecule has 8 heteroatoms. The maximum atomic E-state index is 14.0. The number of halogens is 1. The summed E-state index contributed by atoms with van der Waals surface area (Å²) in [5, 5.41) is 2.88. The van der Waals surface area contributed by atoms with Gasteiger partial charge in [0.1, 0.15) is 6.54 Å². The highest BCUT2D eigenvalue weighted by atomic mass is 79.9. The number of hydrogen-bond donors (Lipinski definition) is 1. The Kier molecular flexibility index (Phi) is 8.78. The van der Waals surface area contributed by atoms with Crippen LogP contribution in [-0.4, -0.2) is 58.6 Å². The lowest BCUT2D eigenvalue weighted by Gasteiger charge is -2.52. The van der Waals surface area contributed by atoms with Crippen molar-refractivity contribution in [2.24, 2.45) is 5.92 Å². The molecule has 0 radical (unpaired) electrons. The Bertz CT molecular complexity index is 1000. The molecule has 3 saturated heterocycles. The zero-order valence-corrected chi connectivity index (χ0v) is 22.5. The largest absolute Gasteiger partial charge is 1.00 e. The Morgan fingerprint density at radius 2 is 1.69 bits per heavy atom. The van der Waals surface area contributed by atoms with E-state index < -0.39 is 5.41 Å². The minimum atomic E-state index is -0.554. The number of benzene rings is 1. The topological polar surface area (TPSA) is 81.2 Å². The van der Waals surface area contributed by atoms with Crippen LogP contribution in [-0.2, 0) is 19.7 Å². The van der Waals surface area contributed by atoms with Crippen molar-refractivity contribution < 1.29 is 35.8 Å². The summed E-state index contributed by atoms with van der Waals surface area (Å²) in [6.07, 6.45) is 14.0. The molecule has 4 fully saturated rings. The van der Waals surface area contributed by atoms with Gasteiger partial charge in [-0.15, -0.1) is 0 Å². The number of rotatable bonds is 6. The fourth-order valence-electron chi connectivity index (χ4n) is 6.55. The number of carbonyl (C=O) groups excluding carboxylic acids is 2. The first kappa shape index (κ1) is 26.7. The van der Waals surface area contributed by atoms with Gasteiger partial charge in [-0.05, 0) is 18.4 Å². The van der Waals surface area contributed by atoms with Crippen molar-refractivity contribution >= 4 is 17.7 Å². The molecular weight excluding hydrogens is 520 g/mol. The number of fused-ring (bicyclic) bond motifs is 3. The van der Waals surface area contributed by atoms with E-state index in [0.717, 1.165) is 63.7 Å². The lowest BCUT2D eigenvalue weighted by atomic mass is 9.71. The van der Waals surface area contributed by atoms with Crippen LogP contribution in [0.1, 0.15) is 63.4 Å². The molecule has 36 heavy (non-hydrogen) atoms. The molecule has 1 atom stereocenters. The fourth-order valence-corrected chi connectivity index (χ4v) is 6.55. The zero-order valence-electron chi connectivity index (χ0n) is 20.9. The van der Waals surface area contributed by atoms with Crippen LogP contribution in [0.3, 0.4) is 0 Å². The van der Waals surface area contributed by atoms with Crippen molar-refractivity contribution in [1.29, 1.82) is 0 Å². The van der Waals surface area contributed by atoms with Crippen molar-refractivity contribution in [2.45, 2.75) is 69.3 Å². The van der Waals surface area contributed by atoms with Crippen LogP contribution in [0.4, 0.5) is 5.82 Å². The third kappa shape index (κ3) is 5.80. The summed E-state index contributed by atoms with van der Waals surface area (Å²) >= 11 is 0. The Morgan fingerprint density at radius 3 is 2.36 bits per heavy atom. The molecule has 0 unspecified atom stereocenters. The summed E-state index contributed by atoms with van der Waals surface area (Å²) in [6.45, 7) is 3.00. The lowest BCUT2D eigenvalue weighted by molar-refractivity contribution is -0.939. The minimum Gasteiger partial charge on any atom is -1.00 e. The van der Waals surface area contributed by atoms with E-state index in [2.05, 4.69) is 27.4 Å². The summed E-state index contributed by atoms with van der Waals surface area (Å²) in [5.41, 5.74) is 0.544. The summed E-state index contributed by atoms with van der Waals surface area (Å²) in [6, 6.07) is 10.3. The van der Waals surface area contributed by atoms with Crippen molar-refractivity contribution in [3.05, 3.63) is 54.5 Å². The molecule has 0 spiro atoms. The highest BCUT2D eigenvalue weighted by Gasteiger charge is 2.50. The first-order chi connectivity index (χ1) is 17.1. The number of aromatic nitrogens is 2. The first-order valence-electron chi connectivity index (χ1n) is 13.3. The molecular formula is C28H37BrN4O3. The standard InChI is InChI=1S/C28H36N4O3.BrH/c33-26(31-25-19-29-15-16-30-25)21-32-17-11-22(12-18-32)24(20-32)35-27(34)28(23-9-5-4-6-10-23)13-7-2-1-3-8-14-28;/h4-6,9-10,15-16,19,22,24H,1-3,7-8,11-14,17-18,20-21H2;1H/t22?,24-,32?;/m0./s1. The minimum absolute atomic E-state index is 0. The number of ether oxygens (including phenoxy) is 1. The molecule has 2 bridgehead atoms. The van der Waals surface area contributed by atoms with E-state index in [4.69, 9.17) is 4.74 Å². The summed E-state index contributed by atoms with van der Waals surface area (Å²) in [5.74, 6) is 0.756. The van der Waals surface area contributed by atoms with E-state index in [1.165, 1.54) is 19.3 Å². The Labute approximate surface area is 224 Å². The van der Waals surface area contributed by atoms with Crippen molar-refractivity contribution in [3.8, 4) is 0 Å². The van der Waals surface area contributed by atoms with Crippen molar-refractivity contribution in [2.75, 3.05) is 31.5 Å². The number of esters is 1. The number of nitrogens with zero attached hydrogens (tertiary/aromatic N) is 3. The maximum absolute atomic E-state index is 14.0. The third-order valence-electron chi connectivity index (χ3n) is 8.53. The SMILES string of the molecule is O=C(C[N+]12CCC(CC1)[C@@H](OC(=O)C1(c3ccccc3)CCCCCCC1)C2)Nc1cnccn1.[Br-]. The molecule has 4 aliphatic rings. The Morgan fingerprint density at radius 1 is 1.00 bits per heavy atom. The monoisotopic (exact) mass is 556 g/mol. The van der Waals surface area contributed by atoms with Gasteiger partial charge in [0.05, 0.1) is 24.7 Å². The van der Waals surface area contributed by atoms with E-state index in [1.54, 1.807) is 18.6 Å². The van der Waals surface area contributed by atoms with Crippen LogP contribution < -0.4 is 22.3 Å². The summed E-state index contributed by atoms with van der Waals surface area (Å²) in [4.78, 5) is 35.0. The van der Waals surface area contributed by atoms with Gasteiger partial charge in [0, 0.05) is 31.2 Å². The van der Waals surface area contributed by atoms with Gasteiger partial charge in [-0.1, -0.05) is 62.4 Å². The van der Waals surface area contributed by atoms with Crippen molar-refractivity contribution in [1.82, 2.24) is 9.97 Å². The second kappa shape index (κ2) is 11.8.